The summed E-state index contributed by atoms with van der Waals surface area (Å²) in [6, 6.07) is 1.48. The number of pyridine rings is 1. The van der Waals surface area contributed by atoms with Crippen LogP contribution in [0, 0.1) is 0 Å². The van der Waals surface area contributed by atoms with E-state index in [2.05, 4.69) is 22.6 Å². The summed E-state index contributed by atoms with van der Waals surface area (Å²) in [7, 11) is 0. The SMILES string of the molecule is O=c1[nH]c2ncc(C(O)C(O)CCS)cc2o1. The average molecular weight is 256 g/mol. The van der Waals surface area contributed by atoms with Crippen LogP contribution in [0.2, 0.25) is 0 Å². The second-order valence-corrected chi connectivity index (χ2v) is 4.10. The highest BCUT2D eigenvalue weighted by Crippen LogP contribution is 2.21. The second-order valence-electron chi connectivity index (χ2n) is 3.65. The molecule has 2 aromatic rings. The number of H-pyrrole nitrogens is 1. The van der Waals surface area contributed by atoms with E-state index in [1.807, 2.05) is 0 Å². The third-order valence-electron chi connectivity index (χ3n) is 2.43. The second kappa shape index (κ2) is 4.91. The number of aliphatic hydroxyl groups excluding tert-OH is 2. The lowest BCUT2D eigenvalue weighted by molar-refractivity contribution is 0.0171. The van der Waals surface area contributed by atoms with Gasteiger partial charge in [-0.25, -0.2) is 9.78 Å². The number of hydrogen-bond donors (Lipinski definition) is 4. The van der Waals surface area contributed by atoms with Gasteiger partial charge in [0, 0.05) is 11.8 Å². The summed E-state index contributed by atoms with van der Waals surface area (Å²) in [5, 5.41) is 19.5. The normalized spacial score (nSPS) is 15.0. The highest BCUT2D eigenvalue weighted by atomic mass is 32.1. The van der Waals surface area contributed by atoms with Crippen LogP contribution in [0.1, 0.15) is 18.1 Å². The zero-order valence-corrected chi connectivity index (χ0v) is 9.72. The number of aromatic nitrogens is 2. The van der Waals surface area contributed by atoms with Crippen LogP contribution in [0.5, 0.6) is 0 Å². The Morgan fingerprint density at radius 2 is 2.29 bits per heavy atom. The van der Waals surface area contributed by atoms with E-state index in [1.54, 1.807) is 0 Å². The molecule has 7 heteroatoms. The molecule has 0 radical (unpaired) electrons. The van der Waals surface area contributed by atoms with E-state index >= 15 is 0 Å². The molecule has 0 saturated heterocycles. The summed E-state index contributed by atoms with van der Waals surface area (Å²) in [6.07, 6.45) is -0.240. The largest absolute Gasteiger partial charge is 0.418 e. The maximum Gasteiger partial charge on any atom is 0.418 e. The first-order valence-corrected chi connectivity index (χ1v) is 5.71. The van der Waals surface area contributed by atoms with Gasteiger partial charge in [-0.2, -0.15) is 12.6 Å². The van der Waals surface area contributed by atoms with Crippen molar-refractivity contribution in [1.29, 1.82) is 0 Å². The van der Waals surface area contributed by atoms with Gasteiger partial charge in [0.05, 0.1) is 6.10 Å². The lowest BCUT2D eigenvalue weighted by atomic mass is 10.0. The minimum atomic E-state index is -1.07. The zero-order valence-electron chi connectivity index (χ0n) is 8.83. The topological polar surface area (TPSA) is 99.4 Å². The van der Waals surface area contributed by atoms with Gasteiger partial charge in [0.25, 0.3) is 0 Å². The molecule has 0 saturated carbocycles. The number of nitrogens with zero attached hydrogens (tertiary/aromatic N) is 1. The van der Waals surface area contributed by atoms with Crippen LogP contribution in [0.15, 0.2) is 21.5 Å². The first kappa shape index (κ1) is 12.2. The number of aliphatic hydroxyl groups is 2. The Morgan fingerprint density at radius 1 is 1.53 bits per heavy atom. The fourth-order valence-electron chi connectivity index (χ4n) is 1.53. The Labute approximate surface area is 102 Å². The molecule has 0 amide bonds. The lowest BCUT2D eigenvalue weighted by Gasteiger charge is -2.16. The van der Waals surface area contributed by atoms with E-state index in [0.29, 0.717) is 23.4 Å². The smallest absolute Gasteiger partial charge is 0.406 e. The Bertz CT molecular complexity index is 565. The van der Waals surface area contributed by atoms with E-state index in [0.717, 1.165) is 0 Å². The van der Waals surface area contributed by atoms with E-state index < -0.39 is 18.0 Å². The van der Waals surface area contributed by atoms with Gasteiger partial charge in [0.15, 0.2) is 11.2 Å². The van der Waals surface area contributed by atoms with Crippen molar-refractivity contribution in [2.24, 2.45) is 0 Å². The molecule has 0 spiro atoms. The van der Waals surface area contributed by atoms with Gasteiger partial charge in [-0.05, 0) is 18.2 Å². The van der Waals surface area contributed by atoms with Crippen LogP contribution in [-0.2, 0) is 0 Å². The molecular formula is C10H12N2O4S. The number of aromatic amines is 1. The quantitative estimate of drug-likeness (QED) is 0.587. The van der Waals surface area contributed by atoms with Crippen LogP contribution in [0.3, 0.4) is 0 Å². The van der Waals surface area contributed by atoms with E-state index in [9.17, 15) is 15.0 Å². The maximum absolute atomic E-state index is 10.9. The molecule has 0 fully saturated rings. The molecular weight excluding hydrogens is 244 g/mol. The first-order valence-electron chi connectivity index (χ1n) is 5.07. The first-order chi connectivity index (χ1) is 8.11. The third-order valence-corrected chi connectivity index (χ3v) is 2.69. The Kier molecular flexibility index (Phi) is 3.51. The highest BCUT2D eigenvalue weighted by molar-refractivity contribution is 7.80. The fraction of sp³-hybridized carbons (Fsp3) is 0.400. The van der Waals surface area contributed by atoms with Crippen molar-refractivity contribution >= 4 is 23.9 Å². The van der Waals surface area contributed by atoms with E-state index in [4.69, 9.17) is 4.42 Å². The number of thiol groups is 1. The summed E-state index contributed by atoms with van der Waals surface area (Å²) in [6.45, 7) is 0. The van der Waals surface area contributed by atoms with Crippen LogP contribution in [0.4, 0.5) is 0 Å². The minimum Gasteiger partial charge on any atom is -0.406 e. The predicted octanol–water partition coefficient (Wildman–Crippen LogP) is 0.230. The molecule has 3 N–H and O–H groups in total. The molecule has 0 aliphatic heterocycles. The lowest BCUT2D eigenvalue weighted by Crippen LogP contribution is -2.18. The molecule has 2 unspecified atom stereocenters. The van der Waals surface area contributed by atoms with Gasteiger partial charge < -0.3 is 14.6 Å². The van der Waals surface area contributed by atoms with Gasteiger partial charge in [-0.15, -0.1) is 0 Å². The molecule has 0 bridgehead atoms. The van der Waals surface area contributed by atoms with Gasteiger partial charge >= 0.3 is 5.76 Å². The molecule has 17 heavy (non-hydrogen) atoms. The summed E-state index contributed by atoms with van der Waals surface area (Å²) < 4.78 is 4.82. The third kappa shape index (κ3) is 2.51. The van der Waals surface area contributed by atoms with Crippen molar-refractivity contribution < 1.29 is 14.6 Å². The van der Waals surface area contributed by atoms with Crippen LogP contribution in [0.25, 0.3) is 11.2 Å². The fourth-order valence-corrected chi connectivity index (χ4v) is 1.79. The predicted molar refractivity (Wildman–Crippen MR) is 64.1 cm³/mol. The Morgan fingerprint density at radius 3 is 3.00 bits per heavy atom. The summed E-state index contributed by atoms with van der Waals surface area (Å²) >= 11 is 3.98. The van der Waals surface area contributed by atoms with E-state index in [1.165, 1.54) is 12.3 Å². The molecule has 2 atom stereocenters. The molecule has 0 aromatic carbocycles. The molecule has 2 heterocycles. The van der Waals surface area contributed by atoms with Crippen LogP contribution >= 0.6 is 12.6 Å². The number of rotatable bonds is 4. The highest BCUT2D eigenvalue weighted by Gasteiger charge is 2.19. The number of nitrogens with one attached hydrogen (secondary N) is 1. The van der Waals surface area contributed by atoms with Crippen molar-refractivity contribution in [3.8, 4) is 0 Å². The van der Waals surface area contributed by atoms with Crippen LogP contribution in [-0.4, -0.2) is 32.0 Å². The minimum absolute atomic E-state index is 0.254. The monoisotopic (exact) mass is 256 g/mol. The maximum atomic E-state index is 10.9. The zero-order chi connectivity index (χ0) is 12.4. The summed E-state index contributed by atoms with van der Waals surface area (Å²) in [5.74, 6) is -0.136. The van der Waals surface area contributed by atoms with Crippen molar-refractivity contribution in [3.63, 3.8) is 0 Å². The summed E-state index contributed by atoms with van der Waals surface area (Å²) in [4.78, 5) is 17.2. The average Bonchev–Trinajstić information content (AvgIpc) is 2.67. The molecule has 2 aromatic heterocycles. The van der Waals surface area contributed by atoms with Gasteiger partial charge in [-0.3, -0.25) is 4.98 Å². The molecule has 0 aliphatic carbocycles. The number of fused-ring (bicyclic) bond motifs is 1. The van der Waals surface area contributed by atoms with Crippen LogP contribution < -0.4 is 5.76 Å². The number of hydrogen-bond acceptors (Lipinski definition) is 6. The van der Waals surface area contributed by atoms with Gasteiger partial charge in [0.2, 0.25) is 0 Å². The van der Waals surface area contributed by atoms with Crippen molar-refractivity contribution in [2.45, 2.75) is 18.6 Å². The van der Waals surface area contributed by atoms with Gasteiger partial charge in [0.1, 0.15) is 6.10 Å². The van der Waals surface area contributed by atoms with Crippen molar-refractivity contribution in [2.75, 3.05) is 5.75 Å². The standard InChI is InChI=1S/C10H12N2O4S/c13-6(1-2-17)8(14)5-3-7-9(11-4-5)12-10(15)16-7/h3-4,6,8,13-14,17H,1-2H2,(H,11,12,15). The molecule has 92 valence electrons. The molecule has 2 rings (SSSR count). The Balaban J connectivity index is 2.32. The Hall–Kier alpha value is -1.31. The molecule has 6 nitrogen and oxygen atoms in total. The van der Waals surface area contributed by atoms with Gasteiger partial charge in [-0.1, -0.05) is 0 Å². The van der Waals surface area contributed by atoms with E-state index in [-0.39, 0.29) is 5.58 Å². The van der Waals surface area contributed by atoms with Crippen molar-refractivity contribution in [1.82, 2.24) is 9.97 Å². The van der Waals surface area contributed by atoms with Crippen molar-refractivity contribution in [3.05, 3.63) is 28.4 Å². The summed E-state index contributed by atoms with van der Waals surface area (Å²) in [5.41, 5.74) is 0.966. The molecule has 0 aliphatic rings. The number of oxazole rings is 1.